The lowest BCUT2D eigenvalue weighted by Gasteiger charge is -2.14. The van der Waals surface area contributed by atoms with Crippen LogP contribution in [0.5, 0.6) is 0 Å². The third-order valence-electron chi connectivity index (χ3n) is 1.38. The monoisotopic (exact) mass is 191 g/mol. The number of hydrogen-bond donors (Lipinski definition) is 2. The molecular weight excluding hydrogens is 170 g/mol. The Balaban J connectivity index is 0. The topological polar surface area (TPSA) is 62.0 Å². The number of aliphatic hydroxyl groups is 2. The summed E-state index contributed by atoms with van der Waals surface area (Å²) in [7, 11) is 3.07. The van der Waals surface area contributed by atoms with Gasteiger partial charge in [0, 0.05) is 14.2 Å². The molecule has 0 rings (SSSR count). The molecule has 0 fully saturated rings. The van der Waals surface area contributed by atoms with Crippen LogP contribution in [0.3, 0.4) is 0 Å². The fourth-order valence-electron chi connectivity index (χ4n) is 0.709. The summed E-state index contributed by atoms with van der Waals surface area (Å²) in [4.78, 5) is 3.78. The molecule has 0 bridgehead atoms. The van der Waals surface area contributed by atoms with Crippen molar-refractivity contribution in [3.63, 3.8) is 0 Å². The summed E-state index contributed by atoms with van der Waals surface area (Å²) in [5, 5.41) is 18.2. The van der Waals surface area contributed by atoms with Crippen molar-refractivity contribution in [1.82, 2.24) is 0 Å². The van der Waals surface area contributed by atoms with Crippen molar-refractivity contribution in [2.45, 2.75) is 33.0 Å². The smallest absolute Gasteiger partial charge is 0.119 e. The largest absolute Gasteiger partial charge is 0.390 e. The average Bonchev–Trinajstić information content (AvgIpc) is 2.16. The third-order valence-corrected chi connectivity index (χ3v) is 1.38. The van der Waals surface area contributed by atoms with Crippen molar-refractivity contribution in [1.29, 1.82) is 0 Å². The molecule has 0 aliphatic rings. The highest BCUT2D eigenvalue weighted by Crippen LogP contribution is 1.96. The van der Waals surface area contributed by atoms with Gasteiger partial charge in [-0.15, -0.1) is 0 Å². The van der Waals surface area contributed by atoms with Gasteiger partial charge in [0.15, 0.2) is 0 Å². The highest BCUT2D eigenvalue weighted by molar-refractivity contribution is 5.90. The third kappa shape index (κ3) is 6.69. The van der Waals surface area contributed by atoms with Crippen LogP contribution in [-0.2, 0) is 4.74 Å². The second-order valence-electron chi connectivity index (χ2n) is 2.33. The van der Waals surface area contributed by atoms with Crippen LogP contribution in [-0.4, -0.2) is 48.9 Å². The van der Waals surface area contributed by atoms with Crippen LogP contribution in [0.2, 0.25) is 0 Å². The van der Waals surface area contributed by atoms with E-state index in [1.54, 1.807) is 7.05 Å². The Bertz CT molecular complexity index is 135. The molecule has 4 nitrogen and oxygen atoms in total. The number of aliphatic imine (C=N–C) groups is 1. The standard InChI is InChI=1S/C7H15NO3.C2H6/c1-5(9)7(10)6(8-2)4-11-3;1-2/h5,7,9-10H,4H2,1-3H3;1-2H3/t5-,7+;/m1./s1. The van der Waals surface area contributed by atoms with E-state index in [9.17, 15) is 5.11 Å². The molecular formula is C9H21NO3. The van der Waals surface area contributed by atoms with Gasteiger partial charge in [-0.3, -0.25) is 4.99 Å². The lowest BCUT2D eigenvalue weighted by atomic mass is 10.1. The lowest BCUT2D eigenvalue weighted by Crippen LogP contribution is -2.34. The summed E-state index contributed by atoms with van der Waals surface area (Å²) in [6.07, 6.45) is -1.72. The Morgan fingerprint density at radius 1 is 1.38 bits per heavy atom. The first-order valence-corrected chi connectivity index (χ1v) is 4.44. The van der Waals surface area contributed by atoms with Crippen LogP contribution in [0.15, 0.2) is 4.99 Å². The molecule has 0 aromatic rings. The molecule has 0 unspecified atom stereocenters. The SMILES string of the molecule is CC.CN=C(COC)[C@@H](O)[C@@H](C)O. The number of hydrogen-bond acceptors (Lipinski definition) is 4. The summed E-state index contributed by atoms with van der Waals surface area (Å²) in [5.74, 6) is 0. The van der Waals surface area contributed by atoms with E-state index >= 15 is 0 Å². The molecule has 0 spiro atoms. The Morgan fingerprint density at radius 3 is 2.08 bits per heavy atom. The normalized spacial score (nSPS) is 15.8. The van der Waals surface area contributed by atoms with Crippen LogP contribution >= 0.6 is 0 Å². The Morgan fingerprint density at radius 2 is 1.85 bits per heavy atom. The number of nitrogens with zero attached hydrogens (tertiary/aromatic N) is 1. The fraction of sp³-hybridized carbons (Fsp3) is 0.889. The molecule has 2 atom stereocenters. The van der Waals surface area contributed by atoms with E-state index in [2.05, 4.69) is 4.99 Å². The van der Waals surface area contributed by atoms with Crippen LogP contribution in [0, 0.1) is 0 Å². The van der Waals surface area contributed by atoms with Crippen LogP contribution in [0.1, 0.15) is 20.8 Å². The Kier molecular flexibility index (Phi) is 11.2. The number of rotatable bonds is 4. The van der Waals surface area contributed by atoms with E-state index in [-0.39, 0.29) is 6.61 Å². The predicted octanol–water partition coefficient (Wildman–Crippen LogP) is 0.472. The minimum absolute atomic E-state index is 0.253. The Labute approximate surface area is 80.3 Å². The number of methoxy groups -OCH3 is 1. The molecule has 0 aliphatic heterocycles. The van der Waals surface area contributed by atoms with E-state index < -0.39 is 12.2 Å². The molecule has 4 heteroatoms. The fourth-order valence-corrected chi connectivity index (χ4v) is 0.709. The molecule has 0 heterocycles. The highest BCUT2D eigenvalue weighted by Gasteiger charge is 2.16. The molecule has 0 aromatic heterocycles. The molecule has 2 N–H and O–H groups in total. The predicted molar refractivity (Wildman–Crippen MR) is 54.3 cm³/mol. The van der Waals surface area contributed by atoms with E-state index in [0.717, 1.165) is 0 Å². The van der Waals surface area contributed by atoms with Gasteiger partial charge >= 0.3 is 0 Å². The molecule has 0 saturated carbocycles. The maximum Gasteiger partial charge on any atom is 0.119 e. The minimum atomic E-state index is -0.917. The van der Waals surface area contributed by atoms with Crippen molar-refractivity contribution in [3.8, 4) is 0 Å². The van der Waals surface area contributed by atoms with Crippen molar-refractivity contribution < 1.29 is 14.9 Å². The van der Waals surface area contributed by atoms with Crippen molar-refractivity contribution in [2.75, 3.05) is 20.8 Å². The maximum absolute atomic E-state index is 9.26. The summed E-state index contributed by atoms with van der Waals surface area (Å²) in [6.45, 7) is 5.76. The molecule has 0 aliphatic carbocycles. The number of ether oxygens (including phenoxy) is 1. The van der Waals surface area contributed by atoms with Gasteiger partial charge in [-0.2, -0.15) is 0 Å². The van der Waals surface area contributed by atoms with Gasteiger partial charge in [0.1, 0.15) is 6.10 Å². The highest BCUT2D eigenvalue weighted by atomic mass is 16.5. The quantitative estimate of drug-likeness (QED) is 0.635. The second kappa shape index (κ2) is 9.64. The molecule has 0 aromatic carbocycles. The van der Waals surface area contributed by atoms with E-state index in [0.29, 0.717) is 5.71 Å². The first kappa shape index (κ1) is 15.0. The zero-order chi connectivity index (χ0) is 10.9. The van der Waals surface area contributed by atoms with Gasteiger partial charge in [-0.25, -0.2) is 0 Å². The summed E-state index contributed by atoms with van der Waals surface area (Å²) < 4.78 is 4.76. The molecule has 0 radical (unpaired) electrons. The van der Waals surface area contributed by atoms with Gasteiger partial charge < -0.3 is 14.9 Å². The van der Waals surface area contributed by atoms with E-state index in [1.165, 1.54) is 14.0 Å². The first-order valence-electron chi connectivity index (χ1n) is 4.44. The summed E-state index contributed by atoms with van der Waals surface area (Å²) in [5.41, 5.74) is 0.461. The van der Waals surface area contributed by atoms with Gasteiger partial charge in [0.05, 0.1) is 18.4 Å². The van der Waals surface area contributed by atoms with Gasteiger partial charge in [-0.1, -0.05) is 13.8 Å². The molecule has 80 valence electrons. The van der Waals surface area contributed by atoms with Gasteiger partial charge in [0.25, 0.3) is 0 Å². The lowest BCUT2D eigenvalue weighted by molar-refractivity contribution is 0.0687. The zero-order valence-electron chi connectivity index (χ0n) is 9.11. The average molecular weight is 191 g/mol. The maximum atomic E-state index is 9.26. The van der Waals surface area contributed by atoms with Crippen LogP contribution in [0.4, 0.5) is 0 Å². The molecule has 0 amide bonds. The van der Waals surface area contributed by atoms with Crippen LogP contribution < -0.4 is 0 Å². The summed E-state index contributed by atoms with van der Waals surface area (Å²) in [6, 6.07) is 0. The molecule has 13 heavy (non-hydrogen) atoms. The van der Waals surface area contributed by atoms with Crippen molar-refractivity contribution >= 4 is 5.71 Å². The summed E-state index contributed by atoms with van der Waals surface area (Å²) >= 11 is 0. The van der Waals surface area contributed by atoms with Crippen LogP contribution in [0.25, 0.3) is 0 Å². The van der Waals surface area contributed by atoms with Crippen molar-refractivity contribution in [2.24, 2.45) is 4.99 Å². The zero-order valence-corrected chi connectivity index (χ0v) is 9.11. The van der Waals surface area contributed by atoms with E-state index in [4.69, 9.17) is 9.84 Å². The van der Waals surface area contributed by atoms with Gasteiger partial charge in [0.2, 0.25) is 0 Å². The second-order valence-corrected chi connectivity index (χ2v) is 2.33. The molecule has 0 saturated heterocycles. The number of aliphatic hydroxyl groups excluding tert-OH is 2. The first-order chi connectivity index (χ1) is 6.13. The Hall–Kier alpha value is -0.450. The van der Waals surface area contributed by atoms with E-state index in [1.807, 2.05) is 13.8 Å². The minimum Gasteiger partial charge on any atom is -0.390 e. The van der Waals surface area contributed by atoms with Gasteiger partial charge in [-0.05, 0) is 6.92 Å². The van der Waals surface area contributed by atoms with Crippen molar-refractivity contribution in [3.05, 3.63) is 0 Å².